The topological polar surface area (TPSA) is 24.1 Å². The van der Waals surface area contributed by atoms with Crippen LogP contribution < -0.4 is 10.6 Å². The summed E-state index contributed by atoms with van der Waals surface area (Å²) in [5, 5.41) is 6.91. The third-order valence-corrected chi connectivity index (χ3v) is 3.29. The highest BCUT2D eigenvalue weighted by Crippen LogP contribution is 2.07. The van der Waals surface area contributed by atoms with Gasteiger partial charge in [-0.2, -0.15) is 0 Å². The van der Waals surface area contributed by atoms with Gasteiger partial charge in [-0.3, -0.25) is 0 Å². The monoisotopic (exact) mass is 268 g/mol. The van der Waals surface area contributed by atoms with Crippen LogP contribution >= 0.6 is 0 Å². The molecule has 0 aromatic carbocycles. The number of rotatable bonds is 13. The van der Waals surface area contributed by atoms with E-state index in [1.807, 2.05) is 0 Å². The Kier molecular flexibility index (Phi) is 12.2. The predicted molar refractivity (Wildman–Crippen MR) is 87.4 cm³/mol. The highest BCUT2D eigenvalue weighted by Gasteiger charge is 1.97. The van der Waals surface area contributed by atoms with Crippen molar-refractivity contribution in [2.45, 2.75) is 78.7 Å². The Balaban J connectivity index is 3.20. The minimum atomic E-state index is 0.620. The van der Waals surface area contributed by atoms with Crippen LogP contribution in [0.5, 0.6) is 0 Å². The van der Waals surface area contributed by atoms with Crippen molar-refractivity contribution < 1.29 is 0 Å². The van der Waals surface area contributed by atoms with E-state index in [0.29, 0.717) is 6.04 Å². The normalized spacial score (nSPS) is 11.3. The average molecular weight is 268 g/mol. The lowest BCUT2D eigenvalue weighted by Gasteiger charge is -2.11. The molecule has 0 aromatic heterocycles. The molecule has 2 nitrogen and oxygen atoms in total. The van der Waals surface area contributed by atoms with Crippen molar-refractivity contribution >= 4 is 0 Å². The fourth-order valence-corrected chi connectivity index (χ4v) is 2.07. The SMILES string of the molecule is C=C(CCCCCCNC(C)C)NCCCC(C)C. The maximum Gasteiger partial charge on any atom is 0.0143 e. The van der Waals surface area contributed by atoms with Gasteiger partial charge in [-0.05, 0) is 44.6 Å². The third kappa shape index (κ3) is 15.4. The number of hydrogen-bond acceptors (Lipinski definition) is 2. The zero-order valence-electron chi connectivity index (χ0n) is 13.7. The molecule has 2 N–H and O–H groups in total. The van der Waals surface area contributed by atoms with Crippen LogP contribution in [-0.2, 0) is 0 Å². The highest BCUT2D eigenvalue weighted by molar-refractivity contribution is 4.90. The lowest BCUT2D eigenvalue weighted by atomic mass is 10.1. The summed E-state index contributed by atoms with van der Waals surface area (Å²) in [6, 6.07) is 0.620. The predicted octanol–water partition coefficient (Wildman–Crippen LogP) is 4.47. The van der Waals surface area contributed by atoms with Gasteiger partial charge in [0.05, 0.1) is 0 Å². The third-order valence-electron chi connectivity index (χ3n) is 3.29. The largest absolute Gasteiger partial charge is 0.389 e. The van der Waals surface area contributed by atoms with Gasteiger partial charge in [-0.1, -0.05) is 47.1 Å². The van der Waals surface area contributed by atoms with Gasteiger partial charge in [-0.25, -0.2) is 0 Å². The zero-order valence-corrected chi connectivity index (χ0v) is 13.7. The Hall–Kier alpha value is -0.500. The molecule has 0 aliphatic rings. The van der Waals surface area contributed by atoms with Crippen LogP contribution in [0.2, 0.25) is 0 Å². The standard InChI is InChI=1S/C17H36N2/c1-15(2)11-10-14-19-17(5)12-8-6-7-9-13-18-16(3)4/h15-16,18-19H,5-14H2,1-4H3. The lowest BCUT2D eigenvalue weighted by molar-refractivity contribution is 0.529. The fourth-order valence-electron chi connectivity index (χ4n) is 2.07. The second-order valence-corrected chi connectivity index (χ2v) is 6.34. The van der Waals surface area contributed by atoms with Crippen LogP contribution in [-0.4, -0.2) is 19.1 Å². The maximum atomic E-state index is 4.11. The number of allylic oxidation sites excluding steroid dienone is 1. The van der Waals surface area contributed by atoms with Crippen molar-refractivity contribution in [2.24, 2.45) is 5.92 Å². The first-order chi connectivity index (χ1) is 9.02. The van der Waals surface area contributed by atoms with Crippen LogP contribution in [0.1, 0.15) is 72.6 Å². The first-order valence-corrected chi connectivity index (χ1v) is 8.17. The molecule has 0 fully saturated rings. The molecule has 0 saturated carbocycles. The summed E-state index contributed by atoms with van der Waals surface area (Å²) in [6.45, 7) is 15.3. The molecular formula is C17H36N2. The van der Waals surface area contributed by atoms with Crippen molar-refractivity contribution in [1.82, 2.24) is 10.6 Å². The van der Waals surface area contributed by atoms with Crippen molar-refractivity contribution in [2.75, 3.05) is 13.1 Å². The molecule has 0 bridgehead atoms. The minimum Gasteiger partial charge on any atom is -0.389 e. The van der Waals surface area contributed by atoms with Crippen LogP contribution in [0.3, 0.4) is 0 Å². The lowest BCUT2D eigenvalue weighted by Crippen LogP contribution is -2.23. The molecule has 0 aromatic rings. The number of unbranched alkanes of at least 4 members (excludes halogenated alkanes) is 3. The maximum absolute atomic E-state index is 4.11. The molecule has 0 heterocycles. The molecular weight excluding hydrogens is 232 g/mol. The molecule has 0 atom stereocenters. The highest BCUT2D eigenvalue weighted by atomic mass is 14.9. The number of hydrogen-bond donors (Lipinski definition) is 2. The van der Waals surface area contributed by atoms with E-state index in [9.17, 15) is 0 Å². The van der Waals surface area contributed by atoms with Crippen molar-refractivity contribution in [3.8, 4) is 0 Å². The van der Waals surface area contributed by atoms with Gasteiger partial charge in [0.2, 0.25) is 0 Å². The fraction of sp³-hybridized carbons (Fsp3) is 0.882. The van der Waals surface area contributed by atoms with Gasteiger partial charge in [-0.15, -0.1) is 0 Å². The van der Waals surface area contributed by atoms with E-state index in [1.165, 1.54) is 44.2 Å². The van der Waals surface area contributed by atoms with Gasteiger partial charge >= 0.3 is 0 Å². The van der Waals surface area contributed by atoms with Crippen molar-refractivity contribution in [3.63, 3.8) is 0 Å². The summed E-state index contributed by atoms with van der Waals surface area (Å²) in [5.74, 6) is 0.814. The quantitative estimate of drug-likeness (QED) is 0.481. The summed E-state index contributed by atoms with van der Waals surface area (Å²) >= 11 is 0. The van der Waals surface area contributed by atoms with E-state index in [0.717, 1.165) is 25.4 Å². The second-order valence-electron chi connectivity index (χ2n) is 6.34. The summed E-state index contributed by atoms with van der Waals surface area (Å²) in [5.41, 5.74) is 1.23. The second kappa shape index (κ2) is 12.5. The average Bonchev–Trinajstić information content (AvgIpc) is 2.33. The van der Waals surface area contributed by atoms with E-state index in [-0.39, 0.29) is 0 Å². The smallest absolute Gasteiger partial charge is 0.0143 e. The molecule has 0 spiro atoms. The zero-order chi connectivity index (χ0) is 14.5. The van der Waals surface area contributed by atoms with E-state index in [4.69, 9.17) is 0 Å². The molecule has 0 aliphatic heterocycles. The van der Waals surface area contributed by atoms with Crippen molar-refractivity contribution in [3.05, 3.63) is 12.3 Å². The molecule has 0 rings (SSSR count). The van der Waals surface area contributed by atoms with Crippen molar-refractivity contribution in [1.29, 1.82) is 0 Å². The van der Waals surface area contributed by atoms with Gasteiger partial charge in [0.25, 0.3) is 0 Å². The first kappa shape index (κ1) is 18.5. The van der Waals surface area contributed by atoms with Gasteiger partial charge < -0.3 is 10.6 Å². The number of nitrogens with one attached hydrogen (secondary N) is 2. The van der Waals surface area contributed by atoms with E-state index in [1.54, 1.807) is 0 Å². The summed E-state index contributed by atoms with van der Waals surface area (Å²) in [6.07, 6.45) is 8.94. The van der Waals surface area contributed by atoms with Gasteiger partial charge in [0, 0.05) is 18.3 Å². The molecule has 19 heavy (non-hydrogen) atoms. The molecule has 0 unspecified atom stereocenters. The summed E-state index contributed by atoms with van der Waals surface area (Å²) in [4.78, 5) is 0. The van der Waals surface area contributed by atoms with Crippen LogP contribution in [0, 0.1) is 5.92 Å². The van der Waals surface area contributed by atoms with Crippen LogP contribution in [0.4, 0.5) is 0 Å². The molecule has 0 saturated heterocycles. The van der Waals surface area contributed by atoms with Crippen LogP contribution in [0.15, 0.2) is 12.3 Å². The Morgan fingerprint density at radius 3 is 2.21 bits per heavy atom. The van der Waals surface area contributed by atoms with E-state index < -0.39 is 0 Å². The molecule has 0 radical (unpaired) electrons. The molecule has 114 valence electrons. The Morgan fingerprint density at radius 2 is 1.58 bits per heavy atom. The van der Waals surface area contributed by atoms with Crippen LogP contribution in [0.25, 0.3) is 0 Å². The Labute approximate surface area is 121 Å². The van der Waals surface area contributed by atoms with Gasteiger partial charge in [0.15, 0.2) is 0 Å². The minimum absolute atomic E-state index is 0.620. The molecule has 0 amide bonds. The summed E-state index contributed by atoms with van der Waals surface area (Å²) in [7, 11) is 0. The Bertz CT molecular complexity index is 209. The first-order valence-electron chi connectivity index (χ1n) is 8.17. The van der Waals surface area contributed by atoms with E-state index >= 15 is 0 Å². The Morgan fingerprint density at radius 1 is 0.895 bits per heavy atom. The van der Waals surface area contributed by atoms with E-state index in [2.05, 4.69) is 44.9 Å². The molecule has 0 aliphatic carbocycles. The summed E-state index contributed by atoms with van der Waals surface area (Å²) < 4.78 is 0. The van der Waals surface area contributed by atoms with Gasteiger partial charge in [0.1, 0.15) is 0 Å². The molecule has 2 heteroatoms.